The van der Waals surface area contributed by atoms with Crippen LogP contribution in [0.15, 0.2) is 24.3 Å². The van der Waals surface area contributed by atoms with Gasteiger partial charge in [0.05, 0.1) is 0 Å². The van der Waals surface area contributed by atoms with Crippen LogP contribution in [0, 0.1) is 0 Å². The fourth-order valence-electron chi connectivity index (χ4n) is 1.88. The minimum Gasteiger partial charge on any atom is -0.479 e. The third kappa shape index (κ3) is 4.35. The molecular formula is C15H21NO4. The summed E-state index contributed by atoms with van der Waals surface area (Å²) in [5.41, 5.74) is 1.34. The Balaban J connectivity index is 2.72. The van der Waals surface area contributed by atoms with Crippen molar-refractivity contribution in [2.75, 3.05) is 6.54 Å². The smallest absolute Gasteiger partial charge is 0.332 e. The number of hydrogen-bond acceptors (Lipinski definition) is 3. The molecule has 1 unspecified atom stereocenters. The first-order valence-corrected chi connectivity index (χ1v) is 6.52. The molecule has 20 heavy (non-hydrogen) atoms. The van der Waals surface area contributed by atoms with E-state index in [0.717, 1.165) is 5.56 Å². The molecule has 5 nitrogen and oxygen atoms in total. The quantitative estimate of drug-likeness (QED) is 0.763. The Morgan fingerprint density at radius 2 is 1.85 bits per heavy atom. The molecule has 0 radical (unpaired) electrons. The van der Waals surface area contributed by atoms with Crippen molar-refractivity contribution >= 4 is 11.9 Å². The fourth-order valence-corrected chi connectivity index (χ4v) is 1.88. The topological polar surface area (TPSA) is 86.6 Å². The first-order valence-electron chi connectivity index (χ1n) is 6.52. The highest BCUT2D eigenvalue weighted by molar-refractivity contribution is 5.96. The second-order valence-electron chi connectivity index (χ2n) is 5.69. The third-order valence-electron chi connectivity index (χ3n) is 2.97. The van der Waals surface area contributed by atoms with Gasteiger partial charge in [-0.25, -0.2) is 4.79 Å². The fraction of sp³-hybridized carbons (Fsp3) is 0.467. The van der Waals surface area contributed by atoms with Gasteiger partial charge in [0, 0.05) is 18.5 Å². The molecule has 0 spiro atoms. The van der Waals surface area contributed by atoms with E-state index < -0.39 is 12.1 Å². The molecule has 0 heterocycles. The molecule has 0 aliphatic carbocycles. The molecule has 0 saturated heterocycles. The third-order valence-corrected chi connectivity index (χ3v) is 2.97. The number of aliphatic hydroxyl groups is 1. The Morgan fingerprint density at radius 1 is 1.25 bits per heavy atom. The molecule has 110 valence electrons. The molecule has 0 saturated carbocycles. The zero-order valence-electron chi connectivity index (χ0n) is 12.0. The van der Waals surface area contributed by atoms with Crippen molar-refractivity contribution in [2.24, 2.45) is 0 Å². The summed E-state index contributed by atoms with van der Waals surface area (Å²) >= 11 is 0. The lowest BCUT2D eigenvalue weighted by Crippen LogP contribution is -2.31. The number of hydrogen-bond donors (Lipinski definition) is 3. The zero-order chi connectivity index (χ0) is 15.3. The van der Waals surface area contributed by atoms with Crippen LogP contribution in [0.1, 0.15) is 43.1 Å². The highest BCUT2D eigenvalue weighted by atomic mass is 16.4. The number of carbonyl (C=O) groups is 2. The van der Waals surface area contributed by atoms with E-state index in [-0.39, 0.29) is 24.3 Å². The van der Waals surface area contributed by atoms with Crippen LogP contribution in [0.3, 0.4) is 0 Å². The molecule has 1 aromatic carbocycles. The standard InChI is InChI=1S/C15H21NO4/c1-15(2,3)11-7-5-4-6-10(11)13(18)16-9-8-12(17)14(19)20/h4-7,12,17H,8-9H2,1-3H3,(H,16,18)(H,19,20). The van der Waals surface area contributed by atoms with Crippen LogP contribution < -0.4 is 5.32 Å². The summed E-state index contributed by atoms with van der Waals surface area (Å²) in [6.07, 6.45) is -1.47. The van der Waals surface area contributed by atoms with Crippen LogP contribution in [0.2, 0.25) is 0 Å². The normalized spacial score (nSPS) is 12.8. The molecule has 1 aromatic rings. The molecule has 1 amide bonds. The van der Waals surface area contributed by atoms with E-state index in [1.165, 1.54) is 0 Å². The summed E-state index contributed by atoms with van der Waals surface area (Å²) in [4.78, 5) is 22.6. The van der Waals surface area contributed by atoms with Gasteiger partial charge < -0.3 is 15.5 Å². The van der Waals surface area contributed by atoms with Crippen molar-refractivity contribution in [3.05, 3.63) is 35.4 Å². The predicted molar refractivity (Wildman–Crippen MR) is 75.7 cm³/mol. The van der Waals surface area contributed by atoms with Gasteiger partial charge in [-0.2, -0.15) is 0 Å². The molecule has 0 bridgehead atoms. The van der Waals surface area contributed by atoms with E-state index >= 15 is 0 Å². The number of rotatable bonds is 5. The van der Waals surface area contributed by atoms with Crippen LogP contribution >= 0.6 is 0 Å². The number of nitrogens with one attached hydrogen (secondary N) is 1. The Bertz CT molecular complexity index is 491. The van der Waals surface area contributed by atoms with Gasteiger partial charge in [0.25, 0.3) is 5.91 Å². The first-order chi connectivity index (χ1) is 9.23. The second kappa shape index (κ2) is 6.52. The zero-order valence-corrected chi connectivity index (χ0v) is 12.0. The largest absolute Gasteiger partial charge is 0.479 e. The molecule has 0 aliphatic heterocycles. The number of aliphatic hydroxyl groups excluding tert-OH is 1. The average molecular weight is 279 g/mol. The Hall–Kier alpha value is -1.88. The number of amides is 1. The van der Waals surface area contributed by atoms with Crippen molar-refractivity contribution in [1.82, 2.24) is 5.32 Å². The maximum Gasteiger partial charge on any atom is 0.332 e. The van der Waals surface area contributed by atoms with Crippen molar-refractivity contribution in [1.29, 1.82) is 0 Å². The number of carboxylic acid groups (broad SMARTS) is 1. The van der Waals surface area contributed by atoms with Gasteiger partial charge in [0.1, 0.15) is 0 Å². The van der Waals surface area contributed by atoms with Gasteiger partial charge in [0.2, 0.25) is 0 Å². The molecule has 1 atom stereocenters. The molecule has 0 aliphatic rings. The lowest BCUT2D eigenvalue weighted by Gasteiger charge is -2.22. The van der Waals surface area contributed by atoms with Crippen molar-refractivity contribution in [3.8, 4) is 0 Å². The summed E-state index contributed by atoms with van der Waals surface area (Å²) < 4.78 is 0. The van der Waals surface area contributed by atoms with Gasteiger partial charge in [-0.15, -0.1) is 0 Å². The molecule has 0 fully saturated rings. The van der Waals surface area contributed by atoms with E-state index in [9.17, 15) is 9.59 Å². The second-order valence-corrected chi connectivity index (χ2v) is 5.69. The summed E-state index contributed by atoms with van der Waals surface area (Å²) in [5.74, 6) is -1.54. The first kappa shape index (κ1) is 16.2. The summed E-state index contributed by atoms with van der Waals surface area (Å²) in [6.45, 7) is 6.18. The van der Waals surface area contributed by atoms with E-state index in [0.29, 0.717) is 5.56 Å². The van der Waals surface area contributed by atoms with E-state index in [1.54, 1.807) is 12.1 Å². The van der Waals surface area contributed by atoms with E-state index in [1.807, 2.05) is 32.9 Å². The number of benzene rings is 1. The van der Waals surface area contributed by atoms with Gasteiger partial charge in [-0.3, -0.25) is 4.79 Å². The van der Waals surface area contributed by atoms with E-state index in [2.05, 4.69) is 5.32 Å². The van der Waals surface area contributed by atoms with Crippen LogP contribution in [0.25, 0.3) is 0 Å². The number of carbonyl (C=O) groups excluding carboxylic acids is 1. The summed E-state index contributed by atoms with van der Waals surface area (Å²) in [6, 6.07) is 7.31. The number of aliphatic carboxylic acids is 1. The lowest BCUT2D eigenvalue weighted by atomic mass is 9.83. The monoisotopic (exact) mass is 279 g/mol. The van der Waals surface area contributed by atoms with Crippen molar-refractivity contribution in [3.63, 3.8) is 0 Å². The van der Waals surface area contributed by atoms with Crippen LogP contribution in [0.5, 0.6) is 0 Å². The molecule has 0 aromatic heterocycles. The predicted octanol–water partition coefficient (Wildman–Crippen LogP) is 1.55. The average Bonchev–Trinajstić information content (AvgIpc) is 2.37. The summed E-state index contributed by atoms with van der Waals surface area (Å²) in [7, 11) is 0. The van der Waals surface area contributed by atoms with Crippen molar-refractivity contribution < 1.29 is 19.8 Å². The highest BCUT2D eigenvalue weighted by Crippen LogP contribution is 2.25. The van der Waals surface area contributed by atoms with Gasteiger partial charge in [-0.1, -0.05) is 39.0 Å². The molecule has 1 rings (SSSR count). The lowest BCUT2D eigenvalue weighted by molar-refractivity contribution is -0.146. The van der Waals surface area contributed by atoms with Crippen LogP contribution in [-0.4, -0.2) is 34.7 Å². The SMILES string of the molecule is CC(C)(C)c1ccccc1C(=O)NCCC(O)C(=O)O. The minimum absolute atomic E-state index is 0.0151. The Labute approximate surface area is 118 Å². The highest BCUT2D eigenvalue weighted by Gasteiger charge is 2.21. The van der Waals surface area contributed by atoms with Crippen LogP contribution in [0.4, 0.5) is 0 Å². The maximum absolute atomic E-state index is 12.1. The van der Waals surface area contributed by atoms with Crippen LogP contribution in [-0.2, 0) is 10.2 Å². The molecule has 3 N–H and O–H groups in total. The number of carboxylic acids is 1. The maximum atomic E-state index is 12.1. The van der Waals surface area contributed by atoms with Gasteiger partial charge in [0.15, 0.2) is 6.10 Å². The minimum atomic E-state index is -1.45. The summed E-state index contributed by atoms with van der Waals surface area (Å²) in [5, 5.41) is 20.3. The van der Waals surface area contributed by atoms with Gasteiger partial charge in [-0.05, 0) is 17.0 Å². The van der Waals surface area contributed by atoms with E-state index in [4.69, 9.17) is 10.2 Å². The van der Waals surface area contributed by atoms with Gasteiger partial charge >= 0.3 is 5.97 Å². The molecule has 5 heteroatoms. The Morgan fingerprint density at radius 3 is 2.40 bits per heavy atom. The van der Waals surface area contributed by atoms with Crippen molar-refractivity contribution in [2.45, 2.75) is 38.7 Å². The molecular weight excluding hydrogens is 258 g/mol. The Kier molecular flexibility index (Phi) is 5.27.